The molecule has 0 radical (unpaired) electrons. The molecule has 2 fully saturated rings. The van der Waals surface area contributed by atoms with Crippen LogP contribution in [0.3, 0.4) is 0 Å². The van der Waals surface area contributed by atoms with E-state index < -0.39 is 41.8 Å². The minimum Gasteiger partial charge on any atom is -0.459 e. The summed E-state index contributed by atoms with van der Waals surface area (Å²) in [4.78, 5) is 24.7. The summed E-state index contributed by atoms with van der Waals surface area (Å²) in [5.41, 5.74) is 1.03. The van der Waals surface area contributed by atoms with Gasteiger partial charge in [-0.05, 0) is 45.8 Å². The molecule has 6 atom stereocenters. The zero-order valence-corrected chi connectivity index (χ0v) is 15.7. The first-order valence-electron chi connectivity index (χ1n) is 8.94. The third kappa shape index (κ3) is 3.35. The molecular formula is C20H26O6. The Morgan fingerprint density at radius 3 is 2.69 bits per heavy atom. The molecule has 3 rings (SSSR count). The Balaban J connectivity index is 1.93. The Labute approximate surface area is 153 Å². The van der Waals surface area contributed by atoms with Gasteiger partial charge in [-0.15, -0.1) is 0 Å². The second-order valence-electron chi connectivity index (χ2n) is 7.65. The summed E-state index contributed by atoms with van der Waals surface area (Å²) in [6.45, 7) is 11.1. The summed E-state index contributed by atoms with van der Waals surface area (Å²) >= 11 is 0. The lowest BCUT2D eigenvalue weighted by atomic mass is 9.85. The van der Waals surface area contributed by atoms with Crippen LogP contribution in [0.15, 0.2) is 35.5 Å². The topological polar surface area (TPSA) is 85.4 Å². The van der Waals surface area contributed by atoms with Crippen molar-refractivity contribution < 1.29 is 28.9 Å². The van der Waals surface area contributed by atoms with Crippen LogP contribution in [-0.2, 0) is 23.8 Å². The minimum absolute atomic E-state index is 0.191. The van der Waals surface area contributed by atoms with Crippen molar-refractivity contribution in [1.82, 2.24) is 0 Å². The molecule has 6 nitrogen and oxygen atoms in total. The van der Waals surface area contributed by atoms with Crippen molar-refractivity contribution in [1.29, 1.82) is 0 Å². The number of rotatable bonds is 2. The minimum atomic E-state index is -0.935. The van der Waals surface area contributed by atoms with Gasteiger partial charge in [0, 0.05) is 12.0 Å². The molecule has 0 spiro atoms. The molecule has 1 aliphatic carbocycles. The van der Waals surface area contributed by atoms with Gasteiger partial charge < -0.3 is 19.3 Å². The van der Waals surface area contributed by atoms with E-state index >= 15 is 0 Å². The van der Waals surface area contributed by atoms with E-state index in [1.165, 1.54) is 0 Å². The maximum Gasteiger partial charge on any atom is 0.341 e. The molecule has 6 heteroatoms. The highest BCUT2D eigenvalue weighted by Gasteiger charge is 2.58. The summed E-state index contributed by atoms with van der Waals surface area (Å²) in [6.07, 6.45) is 2.53. The molecule has 2 saturated heterocycles. The fourth-order valence-electron chi connectivity index (χ4n) is 3.49. The van der Waals surface area contributed by atoms with Crippen molar-refractivity contribution in [2.24, 2.45) is 5.92 Å². The number of fused-ring (bicyclic) bond motifs is 1. The number of aliphatic hydroxyl groups is 1. The molecule has 0 saturated carbocycles. The Morgan fingerprint density at radius 1 is 1.42 bits per heavy atom. The van der Waals surface area contributed by atoms with Crippen LogP contribution in [0.25, 0.3) is 0 Å². The van der Waals surface area contributed by atoms with E-state index in [1.807, 2.05) is 19.9 Å². The predicted octanol–water partition coefficient (Wildman–Crippen LogP) is 2.22. The van der Waals surface area contributed by atoms with E-state index in [1.54, 1.807) is 19.9 Å². The Bertz CT molecular complexity index is 705. The monoisotopic (exact) mass is 362 g/mol. The van der Waals surface area contributed by atoms with Crippen LogP contribution >= 0.6 is 0 Å². The highest BCUT2D eigenvalue weighted by atomic mass is 16.7. The fraction of sp³-hybridized carbons (Fsp3) is 0.600. The molecule has 0 bridgehead atoms. The van der Waals surface area contributed by atoms with Crippen molar-refractivity contribution in [3.63, 3.8) is 0 Å². The van der Waals surface area contributed by atoms with E-state index in [0.717, 1.165) is 5.57 Å². The lowest BCUT2D eigenvalue weighted by Gasteiger charge is -2.28. The molecule has 3 aliphatic rings. The van der Waals surface area contributed by atoms with Gasteiger partial charge in [0.1, 0.15) is 12.2 Å². The number of hydrogen-bond acceptors (Lipinski definition) is 6. The second kappa shape index (κ2) is 6.67. The van der Waals surface area contributed by atoms with Gasteiger partial charge in [0.25, 0.3) is 0 Å². The molecule has 26 heavy (non-hydrogen) atoms. The summed E-state index contributed by atoms with van der Waals surface area (Å²) in [7, 11) is 0. The highest BCUT2D eigenvalue weighted by molar-refractivity contribution is 5.91. The van der Waals surface area contributed by atoms with Gasteiger partial charge in [0.15, 0.2) is 5.60 Å². The van der Waals surface area contributed by atoms with Crippen molar-refractivity contribution in [3.8, 4) is 0 Å². The summed E-state index contributed by atoms with van der Waals surface area (Å²) in [5, 5.41) is 10.2. The molecule has 2 aliphatic heterocycles. The highest BCUT2D eigenvalue weighted by Crippen LogP contribution is 2.40. The quantitative estimate of drug-likeness (QED) is 0.351. The zero-order valence-electron chi connectivity index (χ0n) is 15.7. The first kappa shape index (κ1) is 18.9. The van der Waals surface area contributed by atoms with Gasteiger partial charge in [-0.3, -0.25) is 0 Å². The first-order chi connectivity index (χ1) is 12.1. The molecule has 0 aromatic rings. The van der Waals surface area contributed by atoms with Gasteiger partial charge >= 0.3 is 11.9 Å². The van der Waals surface area contributed by atoms with Crippen LogP contribution < -0.4 is 0 Å². The van der Waals surface area contributed by atoms with Crippen LogP contribution in [0.2, 0.25) is 0 Å². The first-order valence-corrected chi connectivity index (χ1v) is 8.94. The van der Waals surface area contributed by atoms with E-state index in [4.69, 9.17) is 14.2 Å². The van der Waals surface area contributed by atoms with Crippen LogP contribution in [-0.4, -0.2) is 47.1 Å². The van der Waals surface area contributed by atoms with Crippen LogP contribution in [0.5, 0.6) is 0 Å². The summed E-state index contributed by atoms with van der Waals surface area (Å²) < 4.78 is 16.6. The summed E-state index contributed by atoms with van der Waals surface area (Å²) in [5.74, 6) is -1.43. The average molecular weight is 362 g/mol. The number of aliphatic hydroxyl groups excluding tert-OH is 1. The van der Waals surface area contributed by atoms with Crippen molar-refractivity contribution in [2.75, 3.05) is 0 Å². The molecule has 2 heterocycles. The summed E-state index contributed by atoms with van der Waals surface area (Å²) in [6, 6.07) is 0. The maximum absolute atomic E-state index is 12.6. The molecule has 0 amide bonds. The van der Waals surface area contributed by atoms with Gasteiger partial charge in [-0.25, -0.2) is 9.59 Å². The average Bonchev–Trinajstić information content (AvgIpc) is 3.09. The number of carbonyl (C=O) groups is 2. The van der Waals surface area contributed by atoms with Crippen molar-refractivity contribution in [2.45, 2.75) is 70.6 Å². The SMILES string of the molecule is C=C1C(=O)O[C@H]2/C=C(\C)[C@@H](O)C/C=C(\C)C[C@@H](OC(=O)[C@@]3(C)O[C@@H]3C)[C@@H]12. The number of esters is 2. The Kier molecular flexibility index (Phi) is 4.84. The molecular weight excluding hydrogens is 336 g/mol. The molecule has 0 unspecified atom stereocenters. The normalized spacial score (nSPS) is 44.1. The van der Waals surface area contributed by atoms with Crippen LogP contribution in [0.1, 0.15) is 40.5 Å². The number of carbonyl (C=O) groups excluding carboxylic acids is 2. The van der Waals surface area contributed by atoms with E-state index in [0.29, 0.717) is 18.4 Å². The number of epoxide rings is 1. The Morgan fingerprint density at radius 2 is 2.08 bits per heavy atom. The molecule has 142 valence electrons. The van der Waals surface area contributed by atoms with Gasteiger partial charge in [0.05, 0.1) is 18.1 Å². The standard InChI is InChI=1S/C20H26O6/c1-10-6-7-14(21)11(2)9-16-17(12(3)18(22)24-16)15(8-10)25-19(23)20(5)13(4)26-20/h6,9,13-17,21H,3,7-8H2,1-2,4-5H3/b10-6+,11-9+/t13-,14+,15-,16+,17-,20+/m1/s1. The fourth-order valence-corrected chi connectivity index (χ4v) is 3.49. The number of hydrogen-bond donors (Lipinski definition) is 1. The lowest BCUT2D eigenvalue weighted by Crippen LogP contribution is -2.37. The predicted molar refractivity (Wildman–Crippen MR) is 94.1 cm³/mol. The Hall–Kier alpha value is -1.92. The largest absolute Gasteiger partial charge is 0.459 e. The maximum atomic E-state index is 12.6. The van der Waals surface area contributed by atoms with E-state index in [-0.39, 0.29) is 11.7 Å². The van der Waals surface area contributed by atoms with Gasteiger partial charge in [-0.1, -0.05) is 18.2 Å². The van der Waals surface area contributed by atoms with Crippen LogP contribution in [0, 0.1) is 5.92 Å². The molecule has 1 N–H and O–H groups in total. The van der Waals surface area contributed by atoms with Crippen molar-refractivity contribution in [3.05, 3.63) is 35.5 Å². The van der Waals surface area contributed by atoms with E-state index in [9.17, 15) is 14.7 Å². The smallest absolute Gasteiger partial charge is 0.341 e. The molecule has 0 aromatic carbocycles. The third-order valence-electron chi connectivity index (χ3n) is 5.63. The number of ether oxygens (including phenoxy) is 3. The van der Waals surface area contributed by atoms with Gasteiger partial charge in [-0.2, -0.15) is 0 Å². The van der Waals surface area contributed by atoms with Crippen molar-refractivity contribution >= 4 is 11.9 Å². The van der Waals surface area contributed by atoms with E-state index in [2.05, 4.69) is 6.58 Å². The second-order valence-corrected chi connectivity index (χ2v) is 7.65. The third-order valence-corrected chi connectivity index (χ3v) is 5.63. The van der Waals surface area contributed by atoms with Crippen LogP contribution in [0.4, 0.5) is 0 Å². The molecule has 0 aromatic heterocycles. The lowest BCUT2D eigenvalue weighted by molar-refractivity contribution is -0.157. The van der Waals surface area contributed by atoms with Gasteiger partial charge in [0.2, 0.25) is 0 Å². The zero-order chi connectivity index (χ0) is 19.2.